The molecule has 2 N–H and O–H groups in total. The van der Waals surface area contributed by atoms with E-state index in [9.17, 15) is 18.0 Å². The topological polar surface area (TPSA) is 96.5 Å². The number of hydrogen-bond acceptors (Lipinski definition) is 5. The van der Waals surface area contributed by atoms with Crippen LogP contribution in [-0.2, 0) is 4.79 Å². The lowest BCUT2D eigenvalue weighted by Crippen LogP contribution is -2.23. The van der Waals surface area contributed by atoms with Crippen LogP contribution in [0.25, 0.3) is 33.5 Å². The third kappa shape index (κ3) is 4.78. The van der Waals surface area contributed by atoms with E-state index in [0.29, 0.717) is 22.5 Å². The van der Waals surface area contributed by atoms with E-state index < -0.39 is 30.5 Å². The Balaban J connectivity index is 1.50. The second-order valence-corrected chi connectivity index (χ2v) is 8.03. The number of carbonyl (C=O) groups excluding carboxylic acids is 1. The lowest BCUT2D eigenvalue weighted by Gasteiger charge is -2.17. The molecule has 1 aromatic carbocycles. The molecule has 10 heteroatoms. The number of alkyl halides is 2. The van der Waals surface area contributed by atoms with Gasteiger partial charge in [-0.15, -0.1) is 5.10 Å². The molecular formula is C26H19F3N6O. The first-order valence-electron chi connectivity index (χ1n) is 11.1. The number of hydrogen-bond donors (Lipinski definition) is 2. The van der Waals surface area contributed by atoms with Gasteiger partial charge in [-0.1, -0.05) is 18.2 Å². The number of anilines is 1. The van der Waals surface area contributed by atoms with Crippen molar-refractivity contribution in [2.24, 2.45) is 0 Å². The molecule has 0 radical (unpaired) electrons. The number of nitrogens with zero attached hydrogens (tertiary/aromatic N) is 4. The summed E-state index contributed by atoms with van der Waals surface area (Å²) in [6.45, 7) is 0. The van der Waals surface area contributed by atoms with Crippen LogP contribution in [0.1, 0.15) is 17.9 Å². The fraction of sp³-hybridized carbons (Fsp3) is 0.115. The van der Waals surface area contributed by atoms with Crippen molar-refractivity contribution in [3.8, 4) is 22.5 Å². The average Bonchev–Trinajstić information content (AvgIpc) is 3.28. The Hall–Kier alpha value is -4.60. The zero-order chi connectivity index (χ0) is 25.1. The zero-order valence-electron chi connectivity index (χ0n) is 18.7. The Labute approximate surface area is 203 Å². The first-order valence-corrected chi connectivity index (χ1v) is 11.1. The Morgan fingerprint density at radius 1 is 0.972 bits per heavy atom. The van der Waals surface area contributed by atoms with Crippen LogP contribution in [0.4, 0.5) is 19.0 Å². The molecular weight excluding hydrogens is 469 g/mol. The van der Waals surface area contributed by atoms with E-state index >= 15 is 0 Å². The highest BCUT2D eigenvalue weighted by molar-refractivity contribution is 6.01. The normalized spacial score (nSPS) is 12.1. The molecule has 0 aliphatic carbocycles. The highest BCUT2D eigenvalue weighted by Gasteiger charge is 2.26. The van der Waals surface area contributed by atoms with Crippen LogP contribution in [0.2, 0.25) is 0 Å². The van der Waals surface area contributed by atoms with Crippen LogP contribution in [0.5, 0.6) is 0 Å². The van der Waals surface area contributed by atoms with Crippen LogP contribution in [0.15, 0.2) is 79.3 Å². The summed E-state index contributed by atoms with van der Waals surface area (Å²) in [6, 6.07) is 15.6. The fourth-order valence-electron chi connectivity index (χ4n) is 4.04. The fourth-order valence-corrected chi connectivity index (χ4v) is 4.04. The summed E-state index contributed by atoms with van der Waals surface area (Å²) in [5.74, 6) is -2.19. The van der Waals surface area contributed by atoms with E-state index in [1.807, 2.05) is 12.1 Å². The maximum Gasteiger partial charge on any atom is 0.239 e. The van der Waals surface area contributed by atoms with Gasteiger partial charge in [0.15, 0.2) is 0 Å². The van der Waals surface area contributed by atoms with Gasteiger partial charge >= 0.3 is 0 Å². The molecule has 0 saturated carbocycles. The molecule has 0 aliphatic rings. The van der Waals surface area contributed by atoms with Gasteiger partial charge in [-0.2, -0.15) is 5.10 Å². The van der Waals surface area contributed by atoms with Crippen molar-refractivity contribution in [1.29, 1.82) is 0 Å². The van der Waals surface area contributed by atoms with Gasteiger partial charge in [0.2, 0.25) is 12.3 Å². The molecule has 4 heterocycles. The highest BCUT2D eigenvalue weighted by Crippen LogP contribution is 2.36. The SMILES string of the molecule is O=C(Nc1cc(-c2[nH]c3ccnnc3c2-c2ccccn2)ccn1)[C@H](CC(F)F)c1ccc(F)cc1. The van der Waals surface area contributed by atoms with Gasteiger partial charge in [0, 0.05) is 24.4 Å². The second kappa shape index (κ2) is 9.95. The Morgan fingerprint density at radius 2 is 1.81 bits per heavy atom. The summed E-state index contributed by atoms with van der Waals surface area (Å²) in [6.07, 6.45) is 1.32. The van der Waals surface area contributed by atoms with Gasteiger partial charge < -0.3 is 10.3 Å². The summed E-state index contributed by atoms with van der Waals surface area (Å²) in [4.78, 5) is 25.0. The van der Waals surface area contributed by atoms with E-state index in [2.05, 4.69) is 30.5 Å². The number of nitrogens with one attached hydrogen (secondary N) is 2. The molecule has 0 spiro atoms. The van der Waals surface area contributed by atoms with Gasteiger partial charge in [0.1, 0.15) is 17.2 Å². The number of aromatic nitrogens is 5. The van der Waals surface area contributed by atoms with E-state index in [0.717, 1.165) is 23.2 Å². The van der Waals surface area contributed by atoms with Crippen molar-refractivity contribution in [3.05, 3.63) is 90.6 Å². The highest BCUT2D eigenvalue weighted by atomic mass is 19.3. The van der Waals surface area contributed by atoms with Gasteiger partial charge in [-0.05, 0) is 48.0 Å². The lowest BCUT2D eigenvalue weighted by atomic mass is 9.95. The molecule has 5 rings (SSSR count). The number of halogens is 3. The van der Waals surface area contributed by atoms with Crippen LogP contribution in [0.3, 0.4) is 0 Å². The summed E-state index contributed by atoms with van der Waals surface area (Å²) < 4.78 is 39.8. The maximum atomic E-state index is 13.3. The van der Waals surface area contributed by atoms with Crippen LogP contribution in [0, 0.1) is 5.82 Å². The predicted molar refractivity (Wildman–Crippen MR) is 129 cm³/mol. The Bertz CT molecular complexity index is 1510. The summed E-state index contributed by atoms with van der Waals surface area (Å²) in [7, 11) is 0. The monoisotopic (exact) mass is 488 g/mol. The molecule has 0 fully saturated rings. The predicted octanol–water partition coefficient (Wildman–Crippen LogP) is 5.60. The minimum atomic E-state index is -2.72. The standard InChI is InChI=1S/C26H19F3N6O/c27-17-6-4-15(5-7-17)18(14-21(28)29)26(36)34-22-13-16(8-11-31-22)24-23(19-3-1-2-10-30-19)25-20(33-24)9-12-32-35-25/h1-13,18,21,33H,14H2,(H,31,34,36)/t18-/m1/s1. The van der Waals surface area contributed by atoms with Crippen molar-refractivity contribution >= 4 is 22.8 Å². The first kappa shape index (κ1) is 23.2. The molecule has 0 bridgehead atoms. The lowest BCUT2D eigenvalue weighted by molar-refractivity contribution is -0.118. The molecule has 36 heavy (non-hydrogen) atoms. The largest absolute Gasteiger partial charge is 0.353 e. The number of rotatable bonds is 7. The number of pyridine rings is 2. The third-order valence-corrected chi connectivity index (χ3v) is 5.69. The summed E-state index contributed by atoms with van der Waals surface area (Å²) in [5, 5.41) is 10.9. The molecule has 1 amide bonds. The first-order chi connectivity index (χ1) is 17.5. The van der Waals surface area contributed by atoms with Crippen molar-refractivity contribution in [2.45, 2.75) is 18.8 Å². The summed E-state index contributed by atoms with van der Waals surface area (Å²) in [5.41, 5.74) is 4.42. The minimum absolute atomic E-state index is 0.176. The number of fused-ring (bicyclic) bond motifs is 1. The average molecular weight is 488 g/mol. The zero-order valence-corrected chi connectivity index (χ0v) is 18.7. The number of aromatic amines is 1. The number of carbonyl (C=O) groups is 1. The van der Waals surface area contributed by atoms with E-state index in [-0.39, 0.29) is 11.4 Å². The maximum absolute atomic E-state index is 13.3. The van der Waals surface area contributed by atoms with Crippen LogP contribution >= 0.6 is 0 Å². The third-order valence-electron chi connectivity index (χ3n) is 5.69. The molecule has 7 nitrogen and oxygen atoms in total. The minimum Gasteiger partial charge on any atom is -0.353 e. The number of benzene rings is 1. The van der Waals surface area contributed by atoms with E-state index in [1.165, 1.54) is 18.3 Å². The van der Waals surface area contributed by atoms with Crippen LogP contribution in [-0.4, -0.2) is 37.5 Å². The molecule has 1 atom stereocenters. The quantitative estimate of drug-likeness (QED) is 0.311. The molecule has 4 aromatic heterocycles. The number of H-pyrrole nitrogens is 1. The smallest absolute Gasteiger partial charge is 0.239 e. The van der Waals surface area contributed by atoms with Gasteiger partial charge in [-0.25, -0.2) is 18.2 Å². The Morgan fingerprint density at radius 3 is 2.56 bits per heavy atom. The summed E-state index contributed by atoms with van der Waals surface area (Å²) >= 11 is 0. The van der Waals surface area contributed by atoms with Crippen molar-refractivity contribution in [3.63, 3.8) is 0 Å². The van der Waals surface area contributed by atoms with Gasteiger partial charge in [0.25, 0.3) is 0 Å². The van der Waals surface area contributed by atoms with Gasteiger partial charge in [0.05, 0.1) is 34.6 Å². The van der Waals surface area contributed by atoms with Crippen LogP contribution < -0.4 is 5.32 Å². The second-order valence-electron chi connectivity index (χ2n) is 8.03. The van der Waals surface area contributed by atoms with E-state index in [1.54, 1.807) is 36.7 Å². The molecule has 5 aromatic rings. The van der Waals surface area contributed by atoms with Gasteiger partial charge in [-0.3, -0.25) is 9.78 Å². The van der Waals surface area contributed by atoms with Crippen molar-refractivity contribution in [1.82, 2.24) is 25.1 Å². The Kier molecular flexibility index (Phi) is 6.40. The molecule has 0 saturated heterocycles. The molecule has 180 valence electrons. The van der Waals surface area contributed by atoms with E-state index in [4.69, 9.17) is 0 Å². The molecule has 0 aliphatic heterocycles. The molecule has 0 unspecified atom stereocenters. The number of amides is 1. The van der Waals surface area contributed by atoms with Crippen molar-refractivity contribution < 1.29 is 18.0 Å². The van der Waals surface area contributed by atoms with Crippen molar-refractivity contribution in [2.75, 3.05) is 5.32 Å².